The van der Waals surface area contributed by atoms with Gasteiger partial charge in [-0.3, -0.25) is 0 Å². The van der Waals surface area contributed by atoms with E-state index in [1.807, 2.05) is 0 Å². The number of hydrogen-bond acceptors (Lipinski definition) is 1. The molecule has 4 aliphatic carbocycles. The Morgan fingerprint density at radius 2 is 1.65 bits per heavy atom. The second-order valence-corrected chi connectivity index (χ2v) is 13.5. The summed E-state index contributed by atoms with van der Waals surface area (Å²) in [6, 6.07) is 0. The highest BCUT2D eigenvalue weighted by Crippen LogP contribution is 2.72. The lowest BCUT2D eigenvalue weighted by atomic mass is 9.42. The summed E-state index contributed by atoms with van der Waals surface area (Å²) in [6.07, 6.45) is 16.9. The molecule has 1 nitrogen and oxygen atoms in total. The van der Waals surface area contributed by atoms with Crippen LogP contribution in [0.25, 0.3) is 0 Å². The molecule has 31 heavy (non-hydrogen) atoms. The van der Waals surface area contributed by atoms with Gasteiger partial charge in [-0.2, -0.15) is 0 Å². The lowest BCUT2D eigenvalue weighted by Gasteiger charge is -2.63. The number of aliphatic hydroxyl groups excluding tert-OH is 1. The summed E-state index contributed by atoms with van der Waals surface area (Å²) in [4.78, 5) is 0. The van der Waals surface area contributed by atoms with Crippen molar-refractivity contribution in [1.29, 1.82) is 0 Å². The monoisotopic (exact) mass is 428 g/mol. The second kappa shape index (κ2) is 8.48. The van der Waals surface area contributed by atoms with E-state index in [0.717, 1.165) is 48.3 Å². The Kier molecular flexibility index (Phi) is 6.53. The third kappa shape index (κ3) is 3.68. The molecule has 4 rings (SSSR count). The molecule has 178 valence electrons. The molecule has 0 bridgehead atoms. The van der Waals surface area contributed by atoms with Gasteiger partial charge in [0.25, 0.3) is 0 Å². The maximum Gasteiger partial charge on any atom is 0.0577 e. The number of hydrogen-bond donors (Lipinski definition) is 1. The molecule has 0 radical (unpaired) electrons. The molecule has 1 heteroatoms. The molecule has 0 aromatic rings. The van der Waals surface area contributed by atoms with E-state index >= 15 is 0 Å². The zero-order chi connectivity index (χ0) is 22.6. The molecule has 0 amide bonds. The van der Waals surface area contributed by atoms with E-state index in [4.69, 9.17) is 0 Å². The molecule has 3 fully saturated rings. The summed E-state index contributed by atoms with van der Waals surface area (Å²) in [6.45, 7) is 17.8. The molecule has 9 atom stereocenters. The summed E-state index contributed by atoms with van der Waals surface area (Å²) in [5.41, 5.74) is 2.99. The molecule has 0 aromatic carbocycles. The first-order chi connectivity index (χ1) is 14.6. The summed E-state index contributed by atoms with van der Waals surface area (Å²) >= 11 is 0. The van der Waals surface area contributed by atoms with Gasteiger partial charge in [-0.15, -0.1) is 0 Å². The van der Waals surface area contributed by atoms with Crippen LogP contribution in [0.1, 0.15) is 119 Å². The van der Waals surface area contributed by atoms with Gasteiger partial charge in [0, 0.05) is 0 Å². The van der Waals surface area contributed by atoms with Crippen LogP contribution in [0.5, 0.6) is 0 Å². The van der Waals surface area contributed by atoms with Crippen LogP contribution in [0.2, 0.25) is 0 Å². The van der Waals surface area contributed by atoms with Crippen LogP contribution in [0.3, 0.4) is 0 Å². The molecular weight excluding hydrogens is 376 g/mol. The molecule has 0 unspecified atom stereocenters. The topological polar surface area (TPSA) is 20.2 Å². The van der Waals surface area contributed by atoms with Crippen molar-refractivity contribution in [2.45, 2.75) is 125 Å². The minimum absolute atomic E-state index is 0.0881. The van der Waals surface area contributed by atoms with Crippen LogP contribution in [0, 0.1) is 51.8 Å². The van der Waals surface area contributed by atoms with Crippen LogP contribution >= 0.6 is 0 Å². The Balaban J connectivity index is 1.53. The predicted molar refractivity (Wildman–Crippen MR) is 133 cm³/mol. The van der Waals surface area contributed by atoms with Crippen LogP contribution in [-0.4, -0.2) is 11.2 Å². The summed E-state index contributed by atoms with van der Waals surface area (Å²) < 4.78 is 0. The fraction of sp³-hybridized carbons (Fsp3) is 0.933. The fourth-order valence-electron chi connectivity index (χ4n) is 9.68. The number of fused-ring (bicyclic) bond motifs is 5. The lowest BCUT2D eigenvalue weighted by molar-refractivity contribution is -0.114. The highest BCUT2D eigenvalue weighted by molar-refractivity contribution is 5.27. The minimum atomic E-state index is -0.0881. The quantitative estimate of drug-likeness (QED) is 0.421. The molecule has 0 aliphatic heterocycles. The SMILES string of the molecule is CC[C@@H](CC[C@@H](C)[C@H]1CC[C@@]2(C)[C@@H]3CC=C4C[C@@H](O)CC[C@]4(C)[C@H]3CC[C@]12C)C(C)C. The van der Waals surface area contributed by atoms with Crippen molar-refractivity contribution < 1.29 is 5.11 Å². The standard InChI is InChI=1S/C30H52O/c1-8-22(20(2)3)10-9-21(4)25-14-17-30(7)27-12-11-23-19-24(31)13-16-28(23,5)26(27)15-18-29(25,30)6/h11,20-22,24-27,31H,8-10,12-19H2,1-7H3/t21-,22+,24+,25-,26+,27-,28+,29-,30+/m1/s1. The summed E-state index contributed by atoms with van der Waals surface area (Å²) in [5.74, 6) is 5.21. The molecular formula is C30H52O. The van der Waals surface area contributed by atoms with E-state index in [1.165, 1.54) is 57.8 Å². The van der Waals surface area contributed by atoms with Gasteiger partial charge in [0.15, 0.2) is 0 Å². The van der Waals surface area contributed by atoms with Gasteiger partial charge in [0.2, 0.25) is 0 Å². The average molecular weight is 429 g/mol. The molecule has 4 aliphatic rings. The zero-order valence-corrected chi connectivity index (χ0v) is 21.8. The van der Waals surface area contributed by atoms with Gasteiger partial charge in [-0.25, -0.2) is 0 Å². The molecule has 0 spiro atoms. The Labute approximate surface area is 193 Å². The van der Waals surface area contributed by atoms with Crippen molar-refractivity contribution >= 4 is 0 Å². The van der Waals surface area contributed by atoms with Gasteiger partial charge in [0.05, 0.1) is 6.10 Å². The average Bonchev–Trinajstić information content (AvgIpc) is 3.00. The van der Waals surface area contributed by atoms with Gasteiger partial charge >= 0.3 is 0 Å². The molecule has 1 N–H and O–H groups in total. The van der Waals surface area contributed by atoms with E-state index in [-0.39, 0.29) is 6.10 Å². The first-order valence-electron chi connectivity index (χ1n) is 13.9. The third-order valence-electron chi connectivity index (χ3n) is 12.1. The maximum atomic E-state index is 10.3. The van der Waals surface area contributed by atoms with E-state index in [2.05, 4.69) is 54.5 Å². The van der Waals surface area contributed by atoms with Crippen molar-refractivity contribution in [3.05, 3.63) is 11.6 Å². The van der Waals surface area contributed by atoms with Crippen LogP contribution in [-0.2, 0) is 0 Å². The van der Waals surface area contributed by atoms with Crippen molar-refractivity contribution in [2.24, 2.45) is 51.8 Å². The number of aliphatic hydroxyl groups is 1. The van der Waals surface area contributed by atoms with Crippen LogP contribution in [0.4, 0.5) is 0 Å². The zero-order valence-electron chi connectivity index (χ0n) is 21.8. The second-order valence-electron chi connectivity index (χ2n) is 13.5. The fourth-order valence-corrected chi connectivity index (χ4v) is 9.68. The van der Waals surface area contributed by atoms with E-state index < -0.39 is 0 Å². The smallest absolute Gasteiger partial charge is 0.0577 e. The highest BCUT2D eigenvalue weighted by atomic mass is 16.3. The molecule has 0 heterocycles. The summed E-state index contributed by atoms with van der Waals surface area (Å²) in [7, 11) is 0. The molecule has 0 saturated heterocycles. The minimum Gasteiger partial charge on any atom is -0.393 e. The van der Waals surface area contributed by atoms with Crippen molar-refractivity contribution in [3.8, 4) is 0 Å². The lowest BCUT2D eigenvalue weighted by Crippen LogP contribution is -2.55. The number of rotatable bonds is 6. The Hall–Kier alpha value is -0.300. The van der Waals surface area contributed by atoms with Gasteiger partial charge in [0.1, 0.15) is 0 Å². The van der Waals surface area contributed by atoms with Crippen molar-refractivity contribution in [3.63, 3.8) is 0 Å². The van der Waals surface area contributed by atoms with Gasteiger partial charge in [-0.05, 0) is 110 Å². The first-order valence-corrected chi connectivity index (χ1v) is 13.9. The molecule has 3 saturated carbocycles. The Morgan fingerprint density at radius 3 is 2.32 bits per heavy atom. The van der Waals surface area contributed by atoms with Crippen LogP contribution < -0.4 is 0 Å². The van der Waals surface area contributed by atoms with E-state index in [1.54, 1.807) is 5.57 Å². The van der Waals surface area contributed by atoms with E-state index in [9.17, 15) is 5.11 Å². The Bertz CT molecular complexity index is 678. The van der Waals surface area contributed by atoms with E-state index in [0.29, 0.717) is 16.2 Å². The third-order valence-corrected chi connectivity index (χ3v) is 12.1. The van der Waals surface area contributed by atoms with Crippen LogP contribution in [0.15, 0.2) is 11.6 Å². The highest BCUT2D eigenvalue weighted by Gasteiger charge is 2.64. The van der Waals surface area contributed by atoms with Gasteiger partial charge in [-0.1, -0.05) is 73.0 Å². The largest absolute Gasteiger partial charge is 0.393 e. The van der Waals surface area contributed by atoms with Crippen molar-refractivity contribution in [1.82, 2.24) is 0 Å². The summed E-state index contributed by atoms with van der Waals surface area (Å²) in [5, 5.41) is 10.3. The first kappa shape index (κ1) is 23.8. The normalized spacial score (nSPS) is 46.7. The molecule has 0 aromatic heterocycles. The van der Waals surface area contributed by atoms with Gasteiger partial charge < -0.3 is 5.11 Å². The van der Waals surface area contributed by atoms with Crippen molar-refractivity contribution in [2.75, 3.05) is 0 Å². The maximum absolute atomic E-state index is 10.3. The number of allylic oxidation sites excluding steroid dienone is 1. The Morgan fingerprint density at radius 1 is 0.935 bits per heavy atom. The predicted octanol–water partition coefficient (Wildman–Crippen LogP) is 8.41.